The van der Waals surface area contributed by atoms with Gasteiger partial charge < -0.3 is 20.7 Å². The van der Waals surface area contributed by atoms with Gasteiger partial charge in [0.1, 0.15) is 11.5 Å². The van der Waals surface area contributed by atoms with Gasteiger partial charge in [0.2, 0.25) is 15.9 Å². The Balaban J connectivity index is 1.27. The topological polar surface area (TPSA) is 134 Å². The second-order valence-electron chi connectivity index (χ2n) is 10.6. The Morgan fingerprint density at radius 2 is 1.50 bits per heavy atom. The fraction of sp³-hybridized carbons (Fsp3) is 0.355. The van der Waals surface area contributed by atoms with Crippen molar-refractivity contribution in [2.45, 2.75) is 45.2 Å². The molecule has 1 saturated heterocycles. The fourth-order valence-electron chi connectivity index (χ4n) is 4.94. The van der Waals surface area contributed by atoms with Gasteiger partial charge in [-0.05, 0) is 85.5 Å². The maximum atomic E-state index is 13.2. The smallest absolute Gasteiger partial charge is 0.322 e. The summed E-state index contributed by atoms with van der Waals surface area (Å²) in [7, 11) is -3.32. The number of anilines is 2. The third kappa shape index (κ3) is 9.22. The quantitative estimate of drug-likeness (QED) is 0.263. The highest BCUT2D eigenvalue weighted by Crippen LogP contribution is 2.25. The molecule has 0 spiro atoms. The molecule has 1 fully saturated rings. The number of benzene rings is 3. The SMILES string of the molecule is CCCCN(C(=O)Nc1ccc(C(N)=O)cc1)C1CCN(Cc2ccc(Oc3ccc(NS(C)(=O)=O)cc3)cc2)CC1. The number of likely N-dealkylation sites (tertiary alicyclic amines) is 1. The molecule has 4 rings (SSSR count). The van der Waals surface area contributed by atoms with E-state index >= 15 is 0 Å². The minimum absolute atomic E-state index is 0.120. The Kier molecular flexibility index (Phi) is 10.4. The standard InChI is InChI=1S/C31H39N5O5S/c1-3-4-19-36(31(38)33-25-9-7-24(8-10-25)30(32)37)27-17-20-35(21-18-27)22-23-5-13-28(14-6-23)41-29-15-11-26(12-16-29)34-42(2,39)40/h5-16,27,34H,3-4,17-22H2,1-2H3,(H2,32,37)(H,33,38). The number of nitrogens with zero attached hydrogens (tertiary/aromatic N) is 2. The number of unbranched alkanes of at least 4 members (excludes halogenated alkanes) is 1. The van der Waals surface area contributed by atoms with E-state index in [4.69, 9.17) is 10.5 Å². The predicted octanol–water partition coefficient (Wildman–Crippen LogP) is 5.25. The molecule has 0 unspecified atom stereocenters. The van der Waals surface area contributed by atoms with Crippen molar-refractivity contribution in [1.82, 2.24) is 9.80 Å². The molecule has 1 aliphatic rings. The summed E-state index contributed by atoms with van der Waals surface area (Å²) in [5.41, 5.74) is 8.01. The Hall–Kier alpha value is -4.09. The van der Waals surface area contributed by atoms with Crippen LogP contribution in [0.1, 0.15) is 48.5 Å². The van der Waals surface area contributed by atoms with E-state index in [1.54, 1.807) is 48.5 Å². The molecule has 4 N–H and O–H groups in total. The highest BCUT2D eigenvalue weighted by Gasteiger charge is 2.28. The van der Waals surface area contributed by atoms with E-state index in [0.717, 1.165) is 51.6 Å². The van der Waals surface area contributed by atoms with Crippen LogP contribution >= 0.6 is 0 Å². The first-order valence-corrected chi connectivity index (χ1v) is 16.0. The van der Waals surface area contributed by atoms with Crippen molar-refractivity contribution in [2.75, 3.05) is 35.9 Å². The highest BCUT2D eigenvalue weighted by molar-refractivity contribution is 7.92. The van der Waals surface area contributed by atoms with Gasteiger partial charge in [0, 0.05) is 49.2 Å². The highest BCUT2D eigenvalue weighted by atomic mass is 32.2. The molecule has 3 amide bonds. The molecule has 0 aromatic heterocycles. The van der Waals surface area contributed by atoms with E-state index in [2.05, 4.69) is 21.9 Å². The largest absolute Gasteiger partial charge is 0.457 e. The molecule has 0 radical (unpaired) electrons. The van der Waals surface area contributed by atoms with Gasteiger partial charge in [-0.25, -0.2) is 13.2 Å². The van der Waals surface area contributed by atoms with Crippen LogP contribution in [0.15, 0.2) is 72.8 Å². The van der Waals surface area contributed by atoms with Crippen molar-refractivity contribution in [3.05, 3.63) is 83.9 Å². The van der Waals surface area contributed by atoms with Gasteiger partial charge in [0.25, 0.3) is 0 Å². The van der Waals surface area contributed by atoms with Crippen LogP contribution in [0.25, 0.3) is 0 Å². The number of nitrogens with two attached hydrogens (primary N) is 1. The van der Waals surface area contributed by atoms with Crippen LogP contribution in [0.4, 0.5) is 16.2 Å². The van der Waals surface area contributed by atoms with Crippen LogP contribution < -0.4 is 20.5 Å². The van der Waals surface area contributed by atoms with Gasteiger partial charge in [0.15, 0.2) is 0 Å². The molecule has 224 valence electrons. The van der Waals surface area contributed by atoms with Crippen LogP contribution in [0.5, 0.6) is 11.5 Å². The van der Waals surface area contributed by atoms with E-state index in [-0.39, 0.29) is 12.1 Å². The van der Waals surface area contributed by atoms with Crippen LogP contribution in [-0.4, -0.2) is 62.1 Å². The molecule has 0 aliphatic carbocycles. The third-order valence-electron chi connectivity index (χ3n) is 7.15. The number of hydrogen-bond acceptors (Lipinski definition) is 6. The number of carbonyl (C=O) groups excluding carboxylic acids is 2. The monoisotopic (exact) mass is 593 g/mol. The van der Waals surface area contributed by atoms with E-state index < -0.39 is 15.9 Å². The minimum Gasteiger partial charge on any atom is -0.457 e. The average molecular weight is 594 g/mol. The van der Waals surface area contributed by atoms with E-state index in [0.29, 0.717) is 35.0 Å². The molecule has 0 atom stereocenters. The summed E-state index contributed by atoms with van der Waals surface area (Å²) in [6.07, 6.45) is 4.83. The summed E-state index contributed by atoms with van der Waals surface area (Å²) in [4.78, 5) is 28.9. The number of carbonyl (C=O) groups is 2. The number of piperidine rings is 1. The lowest BCUT2D eigenvalue weighted by molar-refractivity contribution is 0.1000. The zero-order valence-electron chi connectivity index (χ0n) is 24.1. The van der Waals surface area contributed by atoms with Crippen molar-refractivity contribution < 1.29 is 22.7 Å². The molecule has 3 aromatic rings. The van der Waals surface area contributed by atoms with Crippen molar-refractivity contribution in [3.8, 4) is 11.5 Å². The van der Waals surface area contributed by atoms with Gasteiger partial charge >= 0.3 is 6.03 Å². The third-order valence-corrected chi connectivity index (χ3v) is 7.76. The van der Waals surface area contributed by atoms with Crippen molar-refractivity contribution in [1.29, 1.82) is 0 Å². The van der Waals surface area contributed by atoms with Crippen molar-refractivity contribution in [2.24, 2.45) is 5.73 Å². The van der Waals surface area contributed by atoms with Gasteiger partial charge in [-0.3, -0.25) is 14.4 Å². The Bertz CT molecular complexity index is 1440. The molecular weight excluding hydrogens is 554 g/mol. The summed E-state index contributed by atoms with van der Waals surface area (Å²) in [5, 5.41) is 2.98. The number of sulfonamides is 1. The summed E-state index contributed by atoms with van der Waals surface area (Å²) in [6, 6.07) is 21.4. The molecule has 0 saturated carbocycles. The van der Waals surface area contributed by atoms with Crippen LogP contribution in [-0.2, 0) is 16.6 Å². The molecule has 1 aliphatic heterocycles. The molecule has 0 bridgehead atoms. The van der Waals surface area contributed by atoms with Crippen LogP contribution in [0.2, 0.25) is 0 Å². The maximum Gasteiger partial charge on any atom is 0.322 e. The minimum atomic E-state index is -3.32. The number of primary amides is 1. The van der Waals surface area contributed by atoms with Gasteiger partial charge in [-0.15, -0.1) is 0 Å². The first-order valence-electron chi connectivity index (χ1n) is 14.1. The lowest BCUT2D eigenvalue weighted by Crippen LogP contribution is -2.49. The van der Waals surface area contributed by atoms with E-state index in [1.807, 2.05) is 29.2 Å². The summed E-state index contributed by atoms with van der Waals surface area (Å²) >= 11 is 0. The number of amides is 3. The van der Waals surface area contributed by atoms with Gasteiger partial charge in [0.05, 0.1) is 6.26 Å². The second kappa shape index (κ2) is 14.2. The molecule has 10 nitrogen and oxygen atoms in total. The van der Waals surface area contributed by atoms with Gasteiger partial charge in [-0.1, -0.05) is 25.5 Å². The summed E-state index contributed by atoms with van der Waals surface area (Å²) < 4.78 is 31.1. The summed E-state index contributed by atoms with van der Waals surface area (Å²) in [5.74, 6) is 0.813. The fourth-order valence-corrected chi connectivity index (χ4v) is 5.51. The van der Waals surface area contributed by atoms with E-state index in [1.165, 1.54) is 5.56 Å². The number of hydrogen-bond donors (Lipinski definition) is 3. The number of urea groups is 1. The van der Waals surface area contributed by atoms with Crippen LogP contribution in [0.3, 0.4) is 0 Å². The summed E-state index contributed by atoms with van der Waals surface area (Å²) in [6.45, 7) is 5.41. The number of ether oxygens (including phenoxy) is 1. The average Bonchev–Trinajstić information content (AvgIpc) is 2.96. The molecule has 3 aromatic carbocycles. The van der Waals surface area contributed by atoms with E-state index in [9.17, 15) is 18.0 Å². The second-order valence-corrected chi connectivity index (χ2v) is 12.3. The number of nitrogens with one attached hydrogen (secondary N) is 2. The molecule has 42 heavy (non-hydrogen) atoms. The van der Waals surface area contributed by atoms with Crippen molar-refractivity contribution >= 4 is 33.3 Å². The lowest BCUT2D eigenvalue weighted by Gasteiger charge is -2.38. The zero-order chi connectivity index (χ0) is 30.1. The molecular formula is C31H39N5O5S. The zero-order valence-corrected chi connectivity index (χ0v) is 24.9. The Labute approximate surface area is 247 Å². The van der Waals surface area contributed by atoms with Crippen LogP contribution in [0, 0.1) is 0 Å². The maximum absolute atomic E-state index is 13.2. The van der Waals surface area contributed by atoms with Gasteiger partial charge in [-0.2, -0.15) is 0 Å². The molecule has 11 heteroatoms. The van der Waals surface area contributed by atoms with Crippen molar-refractivity contribution in [3.63, 3.8) is 0 Å². The molecule has 1 heterocycles. The first-order chi connectivity index (χ1) is 20.1. The lowest BCUT2D eigenvalue weighted by atomic mass is 10.0. The normalized spacial score (nSPS) is 14.2. The Morgan fingerprint density at radius 3 is 2.05 bits per heavy atom. The Morgan fingerprint density at radius 1 is 0.929 bits per heavy atom. The first kappa shape index (κ1) is 30.9. The predicted molar refractivity (Wildman–Crippen MR) is 165 cm³/mol. The number of rotatable bonds is 12.